The molecule has 29 heavy (non-hydrogen) atoms. The highest BCUT2D eigenvalue weighted by molar-refractivity contribution is 5.95. The first-order chi connectivity index (χ1) is 13.8. The van der Waals surface area contributed by atoms with Crippen molar-refractivity contribution in [3.05, 3.63) is 65.5 Å². The molecule has 0 spiro atoms. The van der Waals surface area contributed by atoms with Gasteiger partial charge in [-0.15, -0.1) is 0 Å². The maximum atomic E-state index is 12.2. The minimum atomic E-state index is -1.38. The van der Waals surface area contributed by atoms with Crippen LogP contribution in [0.4, 0.5) is 0 Å². The number of amides is 1. The number of aliphatic hydroxyl groups excluding tert-OH is 1. The van der Waals surface area contributed by atoms with Crippen LogP contribution >= 0.6 is 0 Å². The van der Waals surface area contributed by atoms with E-state index in [1.807, 2.05) is 60.8 Å². The Bertz CT molecular complexity index is 1080. The molecule has 0 bridgehead atoms. The van der Waals surface area contributed by atoms with Crippen molar-refractivity contribution in [2.75, 3.05) is 0 Å². The van der Waals surface area contributed by atoms with Crippen molar-refractivity contribution < 1.29 is 19.8 Å². The van der Waals surface area contributed by atoms with E-state index < -0.39 is 24.0 Å². The summed E-state index contributed by atoms with van der Waals surface area (Å²) in [7, 11) is 0. The van der Waals surface area contributed by atoms with E-state index in [4.69, 9.17) is 10.1 Å². The minimum absolute atomic E-state index is 0.616. The van der Waals surface area contributed by atoms with Crippen LogP contribution in [-0.2, 0) is 9.59 Å². The molecule has 0 aliphatic heterocycles. The van der Waals surface area contributed by atoms with E-state index in [0.717, 1.165) is 22.3 Å². The van der Waals surface area contributed by atoms with Crippen molar-refractivity contribution in [2.24, 2.45) is 0 Å². The van der Waals surface area contributed by atoms with Crippen LogP contribution < -0.4 is 5.32 Å². The molecule has 0 radical (unpaired) electrons. The molecular weight excluding hydrogens is 370 g/mol. The molecule has 0 saturated heterocycles. The molecule has 3 N–H and O–H groups in total. The average Bonchev–Trinajstić information content (AvgIpc) is 3.02. The Balaban J connectivity index is 2.00. The number of aryl methyl sites for hydroxylation is 2. The number of hydrogen-bond acceptors (Lipinski definition) is 4. The van der Waals surface area contributed by atoms with Crippen LogP contribution in [0, 0.1) is 13.8 Å². The zero-order valence-electron chi connectivity index (χ0n) is 16.5. The monoisotopic (exact) mass is 393 g/mol. The van der Waals surface area contributed by atoms with E-state index in [1.165, 1.54) is 13.0 Å². The van der Waals surface area contributed by atoms with Gasteiger partial charge in [0.2, 0.25) is 5.91 Å². The lowest BCUT2D eigenvalue weighted by Crippen LogP contribution is -2.47. The Morgan fingerprint density at radius 1 is 1.14 bits per heavy atom. The molecule has 2 atom stereocenters. The molecule has 2 aromatic heterocycles. The Labute approximate surface area is 168 Å². The van der Waals surface area contributed by atoms with Gasteiger partial charge in [0, 0.05) is 17.8 Å². The number of rotatable bonds is 6. The zero-order valence-corrected chi connectivity index (χ0v) is 16.5. The standard InChI is InChI=1S/C22H23N3O4/c1-13-4-6-16(7-5-13)21-17(25-11-10-14(2)12-18(25)23-21)8-9-19(27)24-20(15(3)26)22(28)29/h4-12,15,20,26H,1-3H3,(H,24,27)(H,28,29)/b9-8+. The minimum Gasteiger partial charge on any atom is -0.480 e. The van der Waals surface area contributed by atoms with Gasteiger partial charge >= 0.3 is 5.97 Å². The second-order valence-corrected chi connectivity index (χ2v) is 7.04. The fraction of sp³-hybridized carbons (Fsp3) is 0.227. The maximum absolute atomic E-state index is 12.2. The van der Waals surface area contributed by atoms with Gasteiger partial charge in [0.1, 0.15) is 5.65 Å². The van der Waals surface area contributed by atoms with Crippen molar-refractivity contribution >= 4 is 23.6 Å². The Kier molecular flexibility index (Phi) is 5.79. The fourth-order valence-electron chi connectivity index (χ4n) is 2.99. The van der Waals surface area contributed by atoms with Crippen LogP contribution in [0.3, 0.4) is 0 Å². The third kappa shape index (κ3) is 4.52. The summed E-state index contributed by atoms with van der Waals surface area (Å²) in [4.78, 5) is 28.1. The first kappa shape index (κ1) is 20.3. The predicted molar refractivity (Wildman–Crippen MR) is 110 cm³/mol. The second kappa shape index (κ2) is 8.28. The second-order valence-electron chi connectivity index (χ2n) is 7.04. The smallest absolute Gasteiger partial charge is 0.328 e. The van der Waals surface area contributed by atoms with E-state index >= 15 is 0 Å². The average molecular weight is 393 g/mol. The van der Waals surface area contributed by atoms with E-state index in [-0.39, 0.29) is 0 Å². The number of aromatic nitrogens is 2. The summed E-state index contributed by atoms with van der Waals surface area (Å²) >= 11 is 0. The SMILES string of the molecule is Cc1ccc(-c2nc3cc(C)ccn3c2/C=C/C(=O)NC(C(=O)O)C(C)O)cc1. The van der Waals surface area contributed by atoms with E-state index in [1.54, 1.807) is 6.08 Å². The molecule has 1 aromatic carbocycles. The summed E-state index contributed by atoms with van der Waals surface area (Å²) in [6.45, 7) is 5.29. The number of aliphatic hydroxyl groups is 1. The number of hydrogen-bond donors (Lipinski definition) is 3. The third-order valence-corrected chi connectivity index (χ3v) is 4.58. The number of nitrogens with one attached hydrogen (secondary N) is 1. The molecule has 0 saturated carbocycles. The summed E-state index contributed by atoms with van der Waals surface area (Å²) in [5.74, 6) is -1.91. The summed E-state index contributed by atoms with van der Waals surface area (Å²) in [6, 6.07) is 10.4. The van der Waals surface area contributed by atoms with Crippen LogP contribution in [0.5, 0.6) is 0 Å². The van der Waals surface area contributed by atoms with Gasteiger partial charge < -0.3 is 15.5 Å². The molecule has 0 aliphatic carbocycles. The molecule has 1 amide bonds. The molecule has 150 valence electrons. The quantitative estimate of drug-likeness (QED) is 0.559. The molecule has 2 unspecified atom stereocenters. The number of fused-ring (bicyclic) bond motifs is 1. The highest BCUT2D eigenvalue weighted by atomic mass is 16.4. The van der Waals surface area contributed by atoms with E-state index in [2.05, 4.69) is 5.32 Å². The summed E-state index contributed by atoms with van der Waals surface area (Å²) in [5.41, 5.74) is 5.25. The maximum Gasteiger partial charge on any atom is 0.328 e. The van der Waals surface area contributed by atoms with Gasteiger partial charge in [0.05, 0.1) is 17.5 Å². The normalized spacial score (nSPS) is 13.5. The molecule has 3 aromatic rings. The number of carboxylic acid groups (broad SMARTS) is 1. The molecular formula is C22H23N3O4. The number of carboxylic acids is 1. The van der Waals surface area contributed by atoms with Gasteiger partial charge in [0.15, 0.2) is 6.04 Å². The van der Waals surface area contributed by atoms with Crippen molar-refractivity contribution in [1.29, 1.82) is 0 Å². The molecule has 0 aliphatic rings. The zero-order chi connectivity index (χ0) is 21.1. The Morgan fingerprint density at radius 3 is 2.45 bits per heavy atom. The highest BCUT2D eigenvalue weighted by Crippen LogP contribution is 2.26. The van der Waals surface area contributed by atoms with Crippen molar-refractivity contribution in [3.63, 3.8) is 0 Å². The van der Waals surface area contributed by atoms with Crippen molar-refractivity contribution in [3.8, 4) is 11.3 Å². The lowest BCUT2D eigenvalue weighted by molar-refractivity contribution is -0.144. The van der Waals surface area contributed by atoms with E-state index in [9.17, 15) is 14.7 Å². The number of pyridine rings is 1. The van der Waals surface area contributed by atoms with Gasteiger partial charge in [-0.25, -0.2) is 9.78 Å². The van der Waals surface area contributed by atoms with Crippen LogP contribution in [0.2, 0.25) is 0 Å². The summed E-state index contributed by atoms with van der Waals surface area (Å²) in [6.07, 6.45) is 3.51. The van der Waals surface area contributed by atoms with Crippen LogP contribution in [0.25, 0.3) is 23.0 Å². The molecule has 7 heteroatoms. The van der Waals surface area contributed by atoms with Gasteiger partial charge in [-0.3, -0.25) is 9.20 Å². The Morgan fingerprint density at radius 2 is 1.83 bits per heavy atom. The largest absolute Gasteiger partial charge is 0.480 e. The lowest BCUT2D eigenvalue weighted by Gasteiger charge is -2.15. The van der Waals surface area contributed by atoms with Crippen LogP contribution in [0.15, 0.2) is 48.7 Å². The topological polar surface area (TPSA) is 104 Å². The van der Waals surface area contributed by atoms with Gasteiger partial charge in [-0.05, 0) is 44.5 Å². The Hall–Kier alpha value is -3.45. The summed E-state index contributed by atoms with van der Waals surface area (Å²) < 4.78 is 1.87. The number of imidazole rings is 1. The van der Waals surface area contributed by atoms with E-state index in [0.29, 0.717) is 11.4 Å². The predicted octanol–water partition coefficient (Wildman–Crippen LogP) is 2.58. The van der Waals surface area contributed by atoms with Gasteiger partial charge in [-0.2, -0.15) is 0 Å². The van der Waals surface area contributed by atoms with Gasteiger partial charge in [-0.1, -0.05) is 29.8 Å². The molecule has 3 rings (SSSR count). The lowest BCUT2D eigenvalue weighted by atomic mass is 10.1. The first-order valence-corrected chi connectivity index (χ1v) is 9.21. The highest BCUT2D eigenvalue weighted by Gasteiger charge is 2.24. The summed E-state index contributed by atoms with van der Waals surface area (Å²) in [5, 5.41) is 20.9. The first-order valence-electron chi connectivity index (χ1n) is 9.21. The number of benzene rings is 1. The third-order valence-electron chi connectivity index (χ3n) is 4.58. The van der Waals surface area contributed by atoms with Crippen LogP contribution in [-0.4, -0.2) is 43.6 Å². The molecule has 0 fully saturated rings. The van der Waals surface area contributed by atoms with Crippen molar-refractivity contribution in [1.82, 2.24) is 14.7 Å². The van der Waals surface area contributed by atoms with Crippen LogP contribution in [0.1, 0.15) is 23.7 Å². The fourth-order valence-corrected chi connectivity index (χ4v) is 2.99. The number of nitrogens with zero attached hydrogens (tertiary/aromatic N) is 2. The number of carbonyl (C=O) groups excluding carboxylic acids is 1. The number of aliphatic carboxylic acids is 1. The van der Waals surface area contributed by atoms with Crippen molar-refractivity contribution in [2.45, 2.75) is 32.9 Å². The van der Waals surface area contributed by atoms with Gasteiger partial charge in [0.25, 0.3) is 0 Å². The number of carbonyl (C=O) groups is 2. The molecule has 7 nitrogen and oxygen atoms in total. The molecule has 2 heterocycles.